The molecule has 17 heavy (non-hydrogen) atoms. The summed E-state index contributed by atoms with van der Waals surface area (Å²) in [5.41, 5.74) is 19.3. The fraction of sp³-hybridized carbons (Fsp3) is 0.333. The monoisotopic (exact) mass is 233 g/mol. The summed E-state index contributed by atoms with van der Waals surface area (Å²) >= 11 is 0. The van der Waals surface area contributed by atoms with Crippen molar-refractivity contribution < 1.29 is 0 Å². The van der Waals surface area contributed by atoms with Gasteiger partial charge in [-0.05, 0) is 24.0 Å². The second-order valence-electron chi connectivity index (χ2n) is 3.64. The van der Waals surface area contributed by atoms with Crippen molar-refractivity contribution in [1.82, 2.24) is 0 Å². The topological polar surface area (TPSA) is 103 Å². The maximum absolute atomic E-state index is 5.66. The van der Waals surface area contributed by atoms with Crippen molar-refractivity contribution in [2.75, 3.05) is 0 Å². The molecule has 0 aliphatic carbocycles. The molecule has 0 spiro atoms. The first kappa shape index (κ1) is 13.0. The molecule has 0 heterocycles. The van der Waals surface area contributed by atoms with Crippen molar-refractivity contribution in [1.29, 1.82) is 0 Å². The van der Waals surface area contributed by atoms with Gasteiger partial charge in [-0.3, -0.25) is 0 Å². The molecule has 0 saturated carbocycles. The number of hydrogen-bond donors (Lipinski definition) is 3. The second-order valence-corrected chi connectivity index (χ2v) is 3.64. The summed E-state index contributed by atoms with van der Waals surface area (Å²) in [6.45, 7) is 4.15. The summed E-state index contributed by atoms with van der Waals surface area (Å²) in [6.07, 6.45) is 1.78. The first-order valence-electron chi connectivity index (χ1n) is 5.63. The van der Waals surface area contributed by atoms with E-state index in [0.717, 1.165) is 29.7 Å². The number of benzene rings is 1. The Morgan fingerprint density at radius 1 is 1.06 bits per heavy atom. The van der Waals surface area contributed by atoms with Crippen LogP contribution in [-0.2, 0) is 12.8 Å². The van der Waals surface area contributed by atoms with Gasteiger partial charge >= 0.3 is 0 Å². The lowest BCUT2D eigenvalue weighted by atomic mass is 10.0. The Bertz CT molecular complexity index is 422. The quantitative estimate of drug-likeness (QED) is 0.536. The van der Waals surface area contributed by atoms with Gasteiger partial charge in [0.1, 0.15) is 0 Å². The SMILES string of the molecule is CCc1cccc(CC)c1N=C(N)N=C(N)N. The molecular formula is C12H19N5. The highest BCUT2D eigenvalue weighted by Crippen LogP contribution is 2.25. The van der Waals surface area contributed by atoms with Crippen LogP contribution in [0.15, 0.2) is 28.2 Å². The van der Waals surface area contributed by atoms with Gasteiger partial charge in [0, 0.05) is 0 Å². The largest absolute Gasteiger partial charge is 0.370 e. The van der Waals surface area contributed by atoms with Crippen molar-refractivity contribution >= 4 is 17.6 Å². The predicted octanol–water partition coefficient (Wildman–Crippen LogP) is 1.03. The molecular weight excluding hydrogens is 214 g/mol. The third kappa shape index (κ3) is 3.48. The van der Waals surface area contributed by atoms with Crippen molar-refractivity contribution in [2.24, 2.45) is 27.2 Å². The highest BCUT2D eigenvalue weighted by molar-refractivity contribution is 5.93. The molecule has 0 aliphatic rings. The van der Waals surface area contributed by atoms with Crippen molar-refractivity contribution in [3.8, 4) is 0 Å². The highest BCUT2D eigenvalue weighted by atomic mass is 15.1. The summed E-state index contributed by atoms with van der Waals surface area (Å²) in [5.74, 6) is -0.00104. The lowest BCUT2D eigenvalue weighted by molar-refractivity contribution is 1.08. The fourth-order valence-electron chi connectivity index (χ4n) is 1.63. The molecule has 6 N–H and O–H groups in total. The van der Waals surface area contributed by atoms with Crippen LogP contribution >= 0.6 is 0 Å². The van der Waals surface area contributed by atoms with E-state index in [0.29, 0.717) is 0 Å². The van der Waals surface area contributed by atoms with Crippen molar-refractivity contribution in [3.63, 3.8) is 0 Å². The van der Waals surface area contributed by atoms with Gasteiger partial charge in [-0.25, -0.2) is 4.99 Å². The molecule has 0 fully saturated rings. The minimum Gasteiger partial charge on any atom is -0.370 e. The van der Waals surface area contributed by atoms with E-state index in [1.165, 1.54) is 0 Å². The zero-order valence-electron chi connectivity index (χ0n) is 10.3. The van der Waals surface area contributed by atoms with E-state index < -0.39 is 0 Å². The van der Waals surface area contributed by atoms with Crippen molar-refractivity contribution in [3.05, 3.63) is 29.3 Å². The smallest absolute Gasteiger partial charge is 0.223 e. The van der Waals surface area contributed by atoms with E-state index in [1.54, 1.807) is 0 Å². The maximum Gasteiger partial charge on any atom is 0.223 e. The molecule has 5 nitrogen and oxygen atoms in total. The Morgan fingerprint density at radius 3 is 2.00 bits per heavy atom. The molecule has 92 valence electrons. The Labute approximate surface area is 101 Å². The molecule has 0 atom stereocenters. The maximum atomic E-state index is 5.66. The minimum atomic E-state index is -0.0849. The third-order valence-corrected chi connectivity index (χ3v) is 2.43. The van der Waals surface area contributed by atoms with Gasteiger partial charge in [0.25, 0.3) is 0 Å². The Kier molecular flexibility index (Phi) is 4.51. The summed E-state index contributed by atoms with van der Waals surface area (Å²) < 4.78 is 0. The lowest BCUT2D eigenvalue weighted by Gasteiger charge is -2.08. The van der Waals surface area contributed by atoms with E-state index in [4.69, 9.17) is 17.2 Å². The molecule has 0 aromatic heterocycles. The molecule has 5 heteroatoms. The van der Waals surface area contributed by atoms with Crippen LogP contribution in [0.3, 0.4) is 0 Å². The average Bonchev–Trinajstić information content (AvgIpc) is 2.28. The number of nitrogens with zero attached hydrogens (tertiary/aromatic N) is 2. The van der Waals surface area contributed by atoms with Gasteiger partial charge in [0.2, 0.25) is 5.96 Å². The lowest BCUT2D eigenvalue weighted by Crippen LogP contribution is -2.26. The molecule has 1 rings (SSSR count). The van der Waals surface area contributed by atoms with Gasteiger partial charge < -0.3 is 17.2 Å². The molecule has 1 aromatic rings. The number of aliphatic imine (C=N–C) groups is 2. The van der Waals surface area contributed by atoms with Crippen LogP contribution in [0.25, 0.3) is 0 Å². The van der Waals surface area contributed by atoms with Crippen LogP contribution in [0.2, 0.25) is 0 Å². The average molecular weight is 233 g/mol. The summed E-state index contributed by atoms with van der Waals surface area (Å²) in [6, 6.07) is 6.08. The molecule has 0 radical (unpaired) electrons. The number of hydrogen-bond acceptors (Lipinski definition) is 1. The van der Waals surface area contributed by atoms with Crippen LogP contribution in [0.5, 0.6) is 0 Å². The number of para-hydroxylation sites is 1. The minimum absolute atomic E-state index is 0.0839. The third-order valence-electron chi connectivity index (χ3n) is 2.43. The molecule has 0 unspecified atom stereocenters. The van der Waals surface area contributed by atoms with Crippen LogP contribution < -0.4 is 17.2 Å². The zero-order valence-corrected chi connectivity index (χ0v) is 10.3. The first-order valence-corrected chi connectivity index (χ1v) is 5.63. The normalized spacial score (nSPS) is 11.3. The standard InChI is InChI=1S/C12H19N5/c1-3-8-6-5-7-9(4-2)10(8)16-12(15)17-11(13)14/h5-7H,3-4H2,1-2H3,(H6,13,14,15,16,17). The summed E-state index contributed by atoms with van der Waals surface area (Å²) in [5, 5.41) is 0. The van der Waals surface area contributed by atoms with Gasteiger partial charge in [-0.15, -0.1) is 0 Å². The first-order chi connectivity index (χ1) is 8.08. The van der Waals surface area contributed by atoms with Gasteiger partial charge in [0.05, 0.1) is 5.69 Å². The van der Waals surface area contributed by atoms with Gasteiger partial charge in [-0.2, -0.15) is 4.99 Å². The zero-order chi connectivity index (χ0) is 12.8. The van der Waals surface area contributed by atoms with E-state index >= 15 is 0 Å². The van der Waals surface area contributed by atoms with E-state index in [9.17, 15) is 0 Å². The van der Waals surface area contributed by atoms with E-state index in [1.807, 2.05) is 18.2 Å². The number of aryl methyl sites for hydroxylation is 2. The van der Waals surface area contributed by atoms with Gasteiger partial charge in [0.15, 0.2) is 5.96 Å². The van der Waals surface area contributed by atoms with Crippen LogP contribution in [0, 0.1) is 0 Å². The Morgan fingerprint density at radius 2 is 1.59 bits per heavy atom. The summed E-state index contributed by atoms with van der Waals surface area (Å²) in [4.78, 5) is 8.01. The van der Waals surface area contributed by atoms with E-state index in [-0.39, 0.29) is 11.9 Å². The molecule has 0 saturated heterocycles. The van der Waals surface area contributed by atoms with Crippen LogP contribution in [0.4, 0.5) is 5.69 Å². The summed E-state index contributed by atoms with van der Waals surface area (Å²) in [7, 11) is 0. The highest BCUT2D eigenvalue weighted by Gasteiger charge is 2.05. The number of rotatable bonds is 3. The van der Waals surface area contributed by atoms with Gasteiger partial charge in [-0.1, -0.05) is 32.0 Å². The molecule has 1 aromatic carbocycles. The second kappa shape index (κ2) is 5.89. The fourth-order valence-corrected chi connectivity index (χ4v) is 1.63. The predicted molar refractivity (Wildman–Crippen MR) is 72.3 cm³/mol. The Hall–Kier alpha value is -2.04. The van der Waals surface area contributed by atoms with Crippen molar-refractivity contribution in [2.45, 2.75) is 26.7 Å². The Balaban J connectivity index is 3.24. The van der Waals surface area contributed by atoms with E-state index in [2.05, 4.69) is 23.8 Å². The molecule has 0 bridgehead atoms. The number of guanidine groups is 2. The molecule has 0 aliphatic heterocycles. The van der Waals surface area contributed by atoms with Crippen LogP contribution in [-0.4, -0.2) is 11.9 Å². The molecule has 0 amide bonds. The number of nitrogens with two attached hydrogens (primary N) is 3. The van der Waals surface area contributed by atoms with Crippen LogP contribution in [0.1, 0.15) is 25.0 Å².